The van der Waals surface area contributed by atoms with Gasteiger partial charge < -0.3 is 4.98 Å². The molecular weight excluding hydrogens is 178 g/mol. The number of nitrogens with zero attached hydrogens (tertiary/aromatic N) is 3. The van der Waals surface area contributed by atoms with Crippen molar-refractivity contribution in [3.05, 3.63) is 31.1 Å². The number of hydrogen-bond acceptors (Lipinski definition) is 3. The second kappa shape index (κ2) is 2.66. The van der Waals surface area contributed by atoms with Gasteiger partial charge in [-0.05, 0) is 0 Å². The van der Waals surface area contributed by atoms with Gasteiger partial charge in [-0.25, -0.2) is 4.98 Å². The molecule has 0 aromatic carbocycles. The molecule has 3 aromatic heterocycles. The van der Waals surface area contributed by atoms with Crippen molar-refractivity contribution in [1.82, 2.24) is 25.1 Å². The highest BCUT2D eigenvalue weighted by Crippen LogP contribution is 2.23. The van der Waals surface area contributed by atoms with Crippen LogP contribution >= 0.6 is 0 Å². The largest absolute Gasteiger partial charge is 0.343 e. The predicted molar refractivity (Wildman–Crippen MR) is 51.5 cm³/mol. The van der Waals surface area contributed by atoms with Crippen LogP contribution in [0.15, 0.2) is 31.1 Å². The molecule has 14 heavy (non-hydrogen) atoms. The molecule has 0 aliphatic rings. The molecule has 5 heteroatoms. The molecule has 3 heterocycles. The molecular formula is C9H7N5. The van der Waals surface area contributed by atoms with Crippen LogP contribution in [0.3, 0.4) is 0 Å². The SMILES string of the molecule is c1nc2c(-c3cn[nH]c3)cncc2[nH]1. The normalized spacial score (nSPS) is 10.9. The monoisotopic (exact) mass is 185 g/mol. The number of rotatable bonds is 1. The number of hydrogen-bond donors (Lipinski definition) is 2. The highest BCUT2D eigenvalue weighted by atomic mass is 15.1. The Labute approximate surface area is 79.2 Å². The first kappa shape index (κ1) is 7.25. The minimum Gasteiger partial charge on any atom is -0.343 e. The lowest BCUT2D eigenvalue weighted by molar-refractivity contribution is 1.09. The first-order valence-electron chi connectivity index (χ1n) is 4.21. The Morgan fingerprint density at radius 3 is 3.00 bits per heavy atom. The van der Waals surface area contributed by atoms with Crippen LogP contribution in [0.1, 0.15) is 0 Å². The smallest absolute Gasteiger partial charge is 0.0993 e. The lowest BCUT2D eigenvalue weighted by Gasteiger charge is -1.96. The van der Waals surface area contributed by atoms with E-state index in [1.165, 1.54) is 0 Å². The van der Waals surface area contributed by atoms with Gasteiger partial charge in [-0.1, -0.05) is 0 Å². The average molecular weight is 185 g/mol. The van der Waals surface area contributed by atoms with Gasteiger partial charge in [0, 0.05) is 23.5 Å². The Kier molecular flexibility index (Phi) is 1.38. The molecule has 0 atom stereocenters. The Hall–Kier alpha value is -2.17. The number of imidazole rings is 1. The molecule has 0 aliphatic heterocycles. The van der Waals surface area contributed by atoms with Crippen LogP contribution in [0.25, 0.3) is 22.2 Å². The molecule has 0 amide bonds. The summed E-state index contributed by atoms with van der Waals surface area (Å²) < 4.78 is 0. The van der Waals surface area contributed by atoms with Crippen LogP contribution in [0.5, 0.6) is 0 Å². The number of aromatic amines is 2. The zero-order valence-electron chi connectivity index (χ0n) is 7.23. The van der Waals surface area contributed by atoms with Gasteiger partial charge >= 0.3 is 0 Å². The molecule has 0 fully saturated rings. The van der Waals surface area contributed by atoms with E-state index >= 15 is 0 Å². The maximum absolute atomic E-state index is 4.24. The fraction of sp³-hybridized carbons (Fsp3) is 0. The first-order valence-corrected chi connectivity index (χ1v) is 4.21. The minimum atomic E-state index is 0.918. The summed E-state index contributed by atoms with van der Waals surface area (Å²) in [6.45, 7) is 0. The molecule has 0 radical (unpaired) electrons. The molecule has 0 saturated carbocycles. The van der Waals surface area contributed by atoms with Crippen molar-refractivity contribution in [1.29, 1.82) is 0 Å². The van der Waals surface area contributed by atoms with E-state index in [1.54, 1.807) is 24.9 Å². The summed E-state index contributed by atoms with van der Waals surface area (Å²) in [6.07, 6.45) is 8.78. The van der Waals surface area contributed by atoms with Gasteiger partial charge in [0.2, 0.25) is 0 Å². The Bertz CT molecular complexity index is 551. The summed E-state index contributed by atoms with van der Waals surface area (Å²) >= 11 is 0. The fourth-order valence-electron chi connectivity index (χ4n) is 1.47. The lowest BCUT2D eigenvalue weighted by Crippen LogP contribution is -1.80. The minimum absolute atomic E-state index is 0.918. The van der Waals surface area contributed by atoms with E-state index < -0.39 is 0 Å². The number of pyridine rings is 1. The predicted octanol–water partition coefficient (Wildman–Crippen LogP) is 1.35. The maximum atomic E-state index is 4.24. The van der Waals surface area contributed by atoms with Crippen molar-refractivity contribution in [2.45, 2.75) is 0 Å². The van der Waals surface area contributed by atoms with Gasteiger partial charge in [-0.3, -0.25) is 10.1 Å². The van der Waals surface area contributed by atoms with Gasteiger partial charge in [0.25, 0.3) is 0 Å². The second-order valence-corrected chi connectivity index (χ2v) is 2.97. The molecule has 0 spiro atoms. The van der Waals surface area contributed by atoms with E-state index in [9.17, 15) is 0 Å². The molecule has 2 N–H and O–H groups in total. The third-order valence-corrected chi connectivity index (χ3v) is 2.14. The molecule has 0 unspecified atom stereocenters. The van der Waals surface area contributed by atoms with E-state index in [1.807, 2.05) is 6.20 Å². The van der Waals surface area contributed by atoms with Crippen molar-refractivity contribution >= 4 is 11.0 Å². The van der Waals surface area contributed by atoms with Crippen LogP contribution in [0, 0.1) is 0 Å². The van der Waals surface area contributed by atoms with E-state index in [0.29, 0.717) is 0 Å². The molecule has 3 rings (SSSR count). The summed E-state index contributed by atoms with van der Waals surface area (Å²) in [7, 11) is 0. The van der Waals surface area contributed by atoms with E-state index in [-0.39, 0.29) is 0 Å². The third kappa shape index (κ3) is 0.922. The van der Waals surface area contributed by atoms with Gasteiger partial charge in [0.15, 0.2) is 0 Å². The van der Waals surface area contributed by atoms with E-state index in [4.69, 9.17) is 0 Å². The highest BCUT2D eigenvalue weighted by molar-refractivity contribution is 5.90. The second-order valence-electron chi connectivity index (χ2n) is 2.97. The van der Waals surface area contributed by atoms with Gasteiger partial charge in [0.1, 0.15) is 0 Å². The van der Waals surface area contributed by atoms with Crippen LogP contribution in [-0.2, 0) is 0 Å². The van der Waals surface area contributed by atoms with Crippen molar-refractivity contribution in [3.63, 3.8) is 0 Å². The quantitative estimate of drug-likeness (QED) is 0.601. The third-order valence-electron chi connectivity index (χ3n) is 2.14. The van der Waals surface area contributed by atoms with Crippen molar-refractivity contribution in [2.24, 2.45) is 0 Å². The summed E-state index contributed by atoms with van der Waals surface area (Å²) in [5.74, 6) is 0. The number of aromatic nitrogens is 5. The van der Waals surface area contributed by atoms with Gasteiger partial charge in [-0.2, -0.15) is 5.10 Å². The highest BCUT2D eigenvalue weighted by Gasteiger charge is 2.06. The summed E-state index contributed by atoms with van der Waals surface area (Å²) in [6, 6.07) is 0. The Morgan fingerprint density at radius 1 is 1.14 bits per heavy atom. The van der Waals surface area contributed by atoms with Crippen molar-refractivity contribution in [3.8, 4) is 11.1 Å². The molecule has 5 nitrogen and oxygen atoms in total. The fourth-order valence-corrected chi connectivity index (χ4v) is 1.47. The summed E-state index contributed by atoms with van der Waals surface area (Å²) in [5, 5.41) is 6.67. The Morgan fingerprint density at radius 2 is 2.14 bits per heavy atom. The zero-order chi connectivity index (χ0) is 9.38. The molecule has 0 aliphatic carbocycles. The van der Waals surface area contributed by atoms with Crippen LogP contribution in [0.2, 0.25) is 0 Å². The number of H-pyrrole nitrogens is 2. The average Bonchev–Trinajstić information content (AvgIpc) is 2.88. The lowest BCUT2D eigenvalue weighted by atomic mass is 10.1. The molecule has 0 bridgehead atoms. The van der Waals surface area contributed by atoms with Crippen LogP contribution < -0.4 is 0 Å². The number of fused-ring (bicyclic) bond motifs is 1. The van der Waals surface area contributed by atoms with Gasteiger partial charge in [-0.15, -0.1) is 0 Å². The summed E-state index contributed by atoms with van der Waals surface area (Å²) in [4.78, 5) is 11.4. The Balaban J connectivity index is 2.36. The molecule has 68 valence electrons. The van der Waals surface area contributed by atoms with Crippen LogP contribution in [0.4, 0.5) is 0 Å². The standard InChI is InChI=1S/C9H7N5/c1-6(2-14-13-1)7-3-10-4-8-9(7)12-5-11-8/h1-5H,(H,11,12)(H,13,14). The van der Waals surface area contributed by atoms with Crippen molar-refractivity contribution in [2.75, 3.05) is 0 Å². The van der Waals surface area contributed by atoms with E-state index in [2.05, 4.69) is 25.1 Å². The zero-order valence-corrected chi connectivity index (χ0v) is 7.23. The maximum Gasteiger partial charge on any atom is 0.0993 e. The number of nitrogens with one attached hydrogen (secondary N) is 2. The van der Waals surface area contributed by atoms with Gasteiger partial charge in [0.05, 0.1) is 29.8 Å². The molecule has 3 aromatic rings. The topological polar surface area (TPSA) is 70.2 Å². The van der Waals surface area contributed by atoms with E-state index in [0.717, 1.165) is 22.2 Å². The van der Waals surface area contributed by atoms with Crippen molar-refractivity contribution < 1.29 is 0 Å². The molecule has 0 saturated heterocycles. The first-order chi connectivity index (χ1) is 6.95. The summed E-state index contributed by atoms with van der Waals surface area (Å²) in [5.41, 5.74) is 3.83. The van der Waals surface area contributed by atoms with Crippen LogP contribution in [-0.4, -0.2) is 25.1 Å².